The molecule has 1 atom stereocenters. The monoisotopic (exact) mass is 206 g/mol. The van der Waals surface area contributed by atoms with Gasteiger partial charge in [-0.05, 0) is 31.7 Å². The SMILES string of the molecule is CCCOc1ccnc2c1CCCC2N. The van der Waals surface area contributed by atoms with E-state index in [4.69, 9.17) is 10.5 Å². The summed E-state index contributed by atoms with van der Waals surface area (Å²) < 4.78 is 5.71. The molecule has 82 valence electrons. The van der Waals surface area contributed by atoms with Gasteiger partial charge in [0.15, 0.2) is 0 Å². The third kappa shape index (κ3) is 2.12. The largest absolute Gasteiger partial charge is 0.493 e. The standard InChI is InChI=1S/C12H18N2O/c1-2-8-15-11-6-7-14-12-9(11)4-3-5-10(12)13/h6-7,10H,2-5,8,13H2,1H3. The lowest BCUT2D eigenvalue weighted by Gasteiger charge is -2.23. The molecule has 0 saturated heterocycles. The Labute approximate surface area is 90.7 Å². The van der Waals surface area contributed by atoms with Crippen LogP contribution in [0.15, 0.2) is 12.3 Å². The highest BCUT2D eigenvalue weighted by atomic mass is 16.5. The van der Waals surface area contributed by atoms with E-state index < -0.39 is 0 Å². The molecule has 15 heavy (non-hydrogen) atoms. The Hall–Kier alpha value is -1.09. The zero-order valence-corrected chi connectivity index (χ0v) is 9.20. The topological polar surface area (TPSA) is 48.1 Å². The van der Waals surface area contributed by atoms with E-state index in [1.807, 2.05) is 6.07 Å². The first-order valence-corrected chi connectivity index (χ1v) is 5.69. The lowest BCUT2D eigenvalue weighted by molar-refractivity contribution is 0.310. The molecule has 1 aromatic heterocycles. The lowest BCUT2D eigenvalue weighted by atomic mass is 9.92. The van der Waals surface area contributed by atoms with Crippen LogP contribution in [0.2, 0.25) is 0 Å². The van der Waals surface area contributed by atoms with Gasteiger partial charge in [-0.25, -0.2) is 0 Å². The molecular weight excluding hydrogens is 188 g/mol. The van der Waals surface area contributed by atoms with Gasteiger partial charge in [-0.3, -0.25) is 4.98 Å². The lowest BCUT2D eigenvalue weighted by Crippen LogP contribution is -2.19. The molecule has 3 nitrogen and oxygen atoms in total. The van der Waals surface area contributed by atoms with Crippen LogP contribution in [0.25, 0.3) is 0 Å². The van der Waals surface area contributed by atoms with E-state index in [0.29, 0.717) is 0 Å². The fourth-order valence-electron chi connectivity index (χ4n) is 2.04. The van der Waals surface area contributed by atoms with E-state index in [2.05, 4.69) is 11.9 Å². The number of pyridine rings is 1. The van der Waals surface area contributed by atoms with Crippen molar-refractivity contribution >= 4 is 0 Å². The van der Waals surface area contributed by atoms with Crippen molar-refractivity contribution in [1.82, 2.24) is 4.98 Å². The van der Waals surface area contributed by atoms with Gasteiger partial charge < -0.3 is 10.5 Å². The smallest absolute Gasteiger partial charge is 0.125 e. The van der Waals surface area contributed by atoms with Gasteiger partial charge in [-0.15, -0.1) is 0 Å². The van der Waals surface area contributed by atoms with Gasteiger partial charge in [-0.1, -0.05) is 6.92 Å². The Morgan fingerprint density at radius 3 is 3.27 bits per heavy atom. The Morgan fingerprint density at radius 1 is 1.60 bits per heavy atom. The molecule has 1 aromatic rings. The summed E-state index contributed by atoms with van der Waals surface area (Å²) in [5.41, 5.74) is 8.29. The third-order valence-corrected chi connectivity index (χ3v) is 2.80. The fraction of sp³-hybridized carbons (Fsp3) is 0.583. The van der Waals surface area contributed by atoms with Crippen LogP contribution in [0.1, 0.15) is 43.5 Å². The highest BCUT2D eigenvalue weighted by molar-refractivity contribution is 5.38. The number of nitrogens with zero attached hydrogens (tertiary/aromatic N) is 1. The van der Waals surface area contributed by atoms with E-state index in [0.717, 1.165) is 43.7 Å². The maximum Gasteiger partial charge on any atom is 0.125 e. The maximum absolute atomic E-state index is 6.03. The zero-order valence-electron chi connectivity index (χ0n) is 9.20. The van der Waals surface area contributed by atoms with E-state index in [1.165, 1.54) is 5.56 Å². The van der Waals surface area contributed by atoms with Crippen molar-refractivity contribution in [2.45, 2.75) is 38.6 Å². The van der Waals surface area contributed by atoms with E-state index in [1.54, 1.807) is 6.20 Å². The number of hydrogen-bond acceptors (Lipinski definition) is 3. The van der Waals surface area contributed by atoms with Crippen molar-refractivity contribution in [1.29, 1.82) is 0 Å². The fourth-order valence-corrected chi connectivity index (χ4v) is 2.04. The molecule has 0 aromatic carbocycles. The number of hydrogen-bond donors (Lipinski definition) is 1. The molecule has 0 fully saturated rings. The van der Waals surface area contributed by atoms with Gasteiger partial charge in [-0.2, -0.15) is 0 Å². The summed E-state index contributed by atoms with van der Waals surface area (Å²) in [6, 6.07) is 2.05. The summed E-state index contributed by atoms with van der Waals surface area (Å²) in [4.78, 5) is 4.36. The third-order valence-electron chi connectivity index (χ3n) is 2.80. The summed E-state index contributed by atoms with van der Waals surface area (Å²) in [6.07, 6.45) is 6.06. The van der Waals surface area contributed by atoms with Crippen LogP contribution < -0.4 is 10.5 Å². The number of nitrogens with two attached hydrogens (primary N) is 1. The maximum atomic E-state index is 6.03. The minimum absolute atomic E-state index is 0.0962. The second kappa shape index (κ2) is 4.62. The van der Waals surface area contributed by atoms with E-state index in [9.17, 15) is 0 Å². The van der Waals surface area contributed by atoms with Crippen LogP contribution in [-0.2, 0) is 6.42 Å². The second-order valence-corrected chi connectivity index (χ2v) is 4.02. The van der Waals surface area contributed by atoms with E-state index in [-0.39, 0.29) is 6.04 Å². The first kappa shape index (κ1) is 10.4. The molecule has 1 heterocycles. The summed E-state index contributed by atoms with van der Waals surface area (Å²) in [5, 5.41) is 0. The molecule has 0 radical (unpaired) electrons. The second-order valence-electron chi connectivity index (χ2n) is 4.02. The van der Waals surface area contributed by atoms with E-state index >= 15 is 0 Å². The quantitative estimate of drug-likeness (QED) is 0.824. The molecule has 1 aliphatic rings. The molecule has 0 spiro atoms. The molecule has 2 rings (SSSR count). The minimum atomic E-state index is 0.0962. The summed E-state index contributed by atoms with van der Waals surface area (Å²) >= 11 is 0. The van der Waals surface area contributed by atoms with Gasteiger partial charge in [0, 0.05) is 17.8 Å². The van der Waals surface area contributed by atoms with Crippen molar-refractivity contribution in [2.24, 2.45) is 5.73 Å². The van der Waals surface area contributed by atoms with Crippen molar-refractivity contribution in [3.8, 4) is 5.75 Å². The predicted molar refractivity (Wildman–Crippen MR) is 59.9 cm³/mol. The van der Waals surface area contributed by atoms with Crippen LogP contribution >= 0.6 is 0 Å². The Balaban J connectivity index is 2.27. The van der Waals surface area contributed by atoms with Crippen molar-refractivity contribution < 1.29 is 4.74 Å². The van der Waals surface area contributed by atoms with Crippen LogP contribution in [0.4, 0.5) is 0 Å². The molecule has 0 bridgehead atoms. The highest BCUT2D eigenvalue weighted by Gasteiger charge is 2.21. The van der Waals surface area contributed by atoms with Gasteiger partial charge >= 0.3 is 0 Å². The molecule has 1 aliphatic carbocycles. The average molecular weight is 206 g/mol. The van der Waals surface area contributed by atoms with Crippen LogP contribution in [0, 0.1) is 0 Å². The number of aromatic nitrogens is 1. The Bertz CT molecular complexity index is 338. The molecular formula is C12H18N2O. The average Bonchev–Trinajstić information content (AvgIpc) is 2.27. The molecule has 3 heteroatoms. The van der Waals surface area contributed by atoms with Gasteiger partial charge in [0.05, 0.1) is 12.3 Å². The molecule has 0 aliphatic heterocycles. The predicted octanol–water partition coefficient (Wildman–Crippen LogP) is 2.21. The van der Waals surface area contributed by atoms with Crippen molar-refractivity contribution in [2.75, 3.05) is 6.61 Å². The van der Waals surface area contributed by atoms with Crippen molar-refractivity contribution in [3.05, 3.63) is 23.5 Å². The summed E-state index contributed by atoms with van der Waals surface area (Å²) in [5.74, 6) is 0.983. The normalized spacial score (nSPS) is 19.7. The first-order chi connectivity index (χ1) is 7.33. The molecule has 0 saturated carbocycles. The van der Waals surface area contributed by atoms with Crippen molar-refractivity contribution in [3.63, 3.8) is 0 Å². The number of rotatable bonds is 3. The van der Waals surface area contributed by atoms with Gasteiger partial charge in [0.1, 0.15) is 5.75 Å². The van der Waals surface area contributed by atoms with Crippen LogP contribution in [-0.4, -0.2) is 11.6 Å². The summed E-state index contributed by atoms with van der Waals surface area (Å²) in [6.45, 7) is 2.88. The first-order valence-electron chi connectivity index (χ1n) is 5.69. The molecule has 2 N–H and O–H groups in total. The number of ether oxygens (including phenoxy) is 1. The zero-order chi connectivity index (χ0) is 10.7. The summed E-state index contributed by atoms with van der Waals surface area (Å²) in [7, 11) is 0. The Kier molecular flexibility index (Phi) is 3.21. The van der Waals surface area contributed by atoms with Gasteiger partial charge in [0.2, 0.25) is 0 Å². The Morgan fingerprint density at radius 2 is 2.47 bits per heavy atom. The molecule has 1 unspecified atom stereocenters. The van der Waals surface area contributed by atoms with Gasteiger partial charge in [0.25, 0.3) is 0 Å². The molecule has 0 amide bonds. The minimum Gasteiger partial charge on any atom is -0.493 e. The highest BCUT2D eigenvalue weighted by Crippen LogP contribution is 2.32. The number of fused-ring (bicyclic) bond motifs is 1. The van der Waals surface area contributed by atoms with Crippen LogP contribution in [0.3, 0.4) is 0 Å². The van der Waals surface area contributed by atoms with Crippen LogP contribution in [0.5, 0.6) is 5.75 Å².